The molecule has 3 atom stereocenters. The fourth-order valence-corrected chi connectivity index (χ4v) is 3.56. The number of ether oxygens (including phenoxy) is 6. The van der Waals surface area contributed by atoms with Gasteiger partial charge in [-0.05, 0) is 50.8 Å². The first-order valence-electron chi connectivity index (χ1n) is 13.3. The maximum atomic E-state index is 12.3. The number of aliphatic carboxylic acids is 1. The first-order chi connectivity index (χ1) is 18.6. The molecule has 0 saturated carbocycles. The summed E-state index contributed by atoms with van der Waals surface area (Å²) >= 11 is 0. The Kier molecular flexibility index (Phi) is 16.0. The summed E-state index contributed by atoms with van der Waals surface area (Å²) in [6, 6.07) is 2.74. The average Bonchev–Trinajstić information content (AvgIpc) is 2.88. The van der Waals surface area contributed by atoms with Gasteiger partial charge in [-0.1, -0.05) is 45.6 Å². The molecule has 0 aliphatic rings. The quantitative estimate of drug-likeness (QED) is 0.106. The van der Waals surface area contributed by atoms with Crippen LogP contribution in [0, 0.1) is 0 Å². The summed E-state index contributed by atoms with van der Waals surface area (Å²) in [5.74, 6) is -2.51. The molecule has 0 fully saturated rings. The number of carboxylic acid groups (broad SMARTS) is 1. The molecular formula is C27H41NO11. The Balaban J connectivity index is 3.21. The molecule has 3 N–H and O–H groups in total. The van der Waals surface area contributed by atoms with E-state index in [1.54, 1.807) is 13.8 Å². The highest BCUT2D eigenvalue weighted by molar-refractivity contribution is 5.75. The first-order valence-corrected chi connectivity index (χ1v) is 13.3. The Morgan fingerprint density at radius 1 is 0.821 bits per heavy atom. The number of hydrogen-bond acceptors (Lipinski definition) is 11. The Labute approximate surface area is 229 Å². The summed E-state index contributed by atoms with van der Waals surface area (Å²) in [7, 11) is 0. The van der Waals surface area contributed by atoms with Gasteiger partial charge in [0.2, 0.25) is 0 Å². The Hall–Kier alpha value is -3.54. The number of unbranched alkanes of at least 4 members (excludes halogenated alkanes) is 4. The zero-order valence-corrected chi connectivity index (χ0v) is 23.1. The van der Waals surface area contributed by atoms with E-state index in [2.05, 4.69) is 0 Å². The minimum absolute atomic E-state index is 0.00680. The summed E-state index contributed by atoms with van der Waals surface area (Å²) in [6.07, 6.45) is 1.26. The number of nitrogens with two attached hydrogens (primary N) is 1. The molecule has 0 radical (unpaired) electrons. The highest BCUT2D eigenvalue weighted by Crippen LogP contribution is 2.35. The van der Waals surface area contributed by atoms with Gasteiger partial charge in [0.25, 0.3) is 0 Å². The van der Waals surface area contributed by atoms with E-state index in [1.807, 2.05) is 13.8 Å². The third-order valence-corrected chi connectivity index (χ3v) is 5.58. The van der Waals surface area contributed by atoms with Crippen molar-refractivity contribution in [2.24, 2.45) is 5.73 Å². The summed E-state index contributed by atoms with van der Waals surface area (Å²) in [6.45, 7) is 7.61. The van der Waals surface area contributed by atoms with E-state index in [9.17, 15) is 24.3 Å². The van der Waals surface area contributed by atoms with E-state index in [0.29, 0.717) is 18.4 Å². The van der Waals surface area contributed by atoms with Crippen molar-refractivity contribution in [3.63, 3.8) is 0 Å². The van der Waals surface area contributed by atoms with Crippen LogP contribution in [0.1, 0.15) is 84.1 Å². The van der Waals surface area contributed by atoms with Gasteiger partial charge in [0.05, 0.1) is 19.8 Å². The predicted molar refractivity (Wildman–Crippen MR) is 140 cm³/mol. The van der Waals surface area contributed by atoms with Crippen LogP contribution >= 0.6 is 0 Å². The molecule has 12 nitrogen and oxygen atoms in total. The summed E-state index contributed by atoms with van der Waals surface area (Å²) < 4.78 is 30.7. The molecule has 0 aliphatic heterocycles. The van der Waals surface area contributed by atoms with E-state index in [1.165, 1.54) is 18.2 Å². The minimum atomic E-state index is -1.40. The molecule has 0 spiro atoms. The van der Waals surface area contributed by atoms with Crippen LogP contribution in [0.4, 0.5) is 14.4 Å². The van der Waals surface area contributed by atoms with E-state index in [-0.39, 0.29) is 37.7 Å². The minimum Gasteiger partial charge on any atom is -0.480 e. The molecule has 0 aliphatic carbocycles. The summed E-state index contributed by atoms with van der Waals surface area (Å²) in [4.78, 5) is 48.0. The lowest BCUT2D eigenvalue weighted by molar-refractivity contribution is -0.139. The van der Waals surface area contributed by atoms with Crippen LogP contribution in [0.2, 0.25) is 0 Å². The number of carboxylic acids is 1. The molecule has 0 aromatic heterocycles. The number of benzene rings is 1. The third kappa shape index (κ3) is 13.2. The van der Waals surface area contributed by atoms with Crippen LogP contribution in [-0.4, -0.2) is 61.5 Å². The average molecular weight is 556 g/mol. The SMILES string of the molecule is CCCCCOC(=O)Oc1ccc(C(CC(C)OC(=O)OCC)[C@H](N)C(=O)O)cc1OC(=O)OCCCCC. The highest BCUT2D eigenvalue weighted by Gasteiger charge is 2.30. The molecule has 0 bridgehead atoms. The van der Waals surface area contributed by atoms with E-state index in [4.69, 9.17) is 34.2 Å². The second kappa shape index (κ2) is 18.7. The molecule has 39 heavy (non-hydrogen) atoms. The standard InChI is InChI=1S/C27H41NO11/c1-5-8-10-14-35-26(32)38-21-13-12-19(17-22(21)39-27(33)36-15-11-9-6-2)20(23(28)24(29)30)16-18(4)37-25(31)34-7-3/h12-13,17-18,20,23H,5-11,14-16,28H2,1-4H3,(H,29,30)/t18?,20?,23-/m0/s1. The summed E-state index contributed by atoms with van der Waals surface area (Å²) in [5, 5.41) is 9.59. The molecule has 220 valence electrons. The molecule has 0 amide bonds. The van der Waals surface area contributed by atoms with Crippen molar-refractivity contribution in [3.05, 3.63) is 23.8 Å². The lowest BCUT2D eigenvalue weighted by Gasteiger charge is -2.25. The van der Waals surface area contributed by atoms with Crippen molar-refractivity contribution in [1.29, 1.82) is 0 Å². The second-order valence-corrected chi connectivity index (χ2v) is 8.84. The van der Waals surface area contributed by atoms with Crippen LogP contribution in [-0.2, 0) is 23.7 Å². The van der Waals surface area contributed by atoms with Gasteiger partial charge in [0.1, 0.15) is 12.1 Å². The zero-order valence-electron chi connectivity index (χ0n) is 23.1. The predicted octanol–water partition coefficient (Wildman–Crippen LogP) is 5.55. The van der Waals surface area contributed by atoms with E-state index >= 15 is 0 Å². The van der Waals surface area contributed by atoms with Crippen LogP contribution in [0.3, 0.4) is 0 Å². The maximum Gasteiger partial charge on any atom is 0.513 e. The number of carbonyl (C=O) groups excluding carboxylic acids is 3. The van der Waals surface area contributed by atoms with Crippen LogP contribution in [0.5, 0.6) is 11.5 Å². The molecule has 1 aromatic rings. The molecule has 1 rings (SSSR count). The molecule has 1 aromatic carbocycles. The smallest absolute Gasteiger partial charge is 0.480 e. The molecule has 12 heteroatoms. The van der Waals surface area contributed by atoms with Crippen molar-refractivity contribution < 1.29 is 52.7 Å². The van der Waals surface area contributed by atoms with Gasteiger partial charge in [-0.2, -0.15) is 0 Å². The van der Waals surface area contributed by atoms with Gasteiger partial charge < -0.3 is 39.3 Å². The molecule has 0 saturated heterocycles. The fourth-order valence-electron chi connectivity index (χ4n) is 3.56. The molecular weight excluding hydrogens is 514 g/mol. The Morgan fingerprint density at radius 2 is 1.38 bits per heavy atom. The van der Waals surface area contributed by atoms with Crippen molar-refractivity contribution in [1.82, 2.24) is 0 Å². The normalized spacial score (nSPS) is 12.9. The fraction of sp³-hybridized carbons (Fsp3) is 0.630. The summed E-state index contributed by atoms with van der Waals surface area (Å²) in [5.41, 5.74) is 6.30. The maximum absolute atomic E-state index is 12.3. The van der Waals surface area contributed by atoms with E-state index < -0.39 is 42.5 Å². The van der Waals surface area contributed by atoms with Crippen molar-refractivity contribution in [3.8, 4) is 11.5 Å². The van der Waals surface area contributed by atoms with Crippen LogP contribution in [0.15, 0.2) is 18.2 Å². The number of carbonyl (C=O) groups is 4. The largest absolute Gasteiger partial charge is 0.513 e. The van der Waals surface area contributed by atoms with E-state index in [0.717, 1.165) is 25.7 Å². The lowest BCUT2D eigenvalue weighted by atomic mass is 9.87. The third-order valence-electron chi connectivity index (χ3n) is 5.58. The lowest BCUT2D eigenvalue weighted by Crippen LogP contribution is -2.38. The van der Waals surface area contributed by atoms with Crippen molar-refractivity contribution >= 4 is 24.4 Å². The zero-order chi connectivity index (χ0) is 29.2. The molecule has 2 unspecified atom stereocenters. The highest BCUT2D eigenvalue weighted by atomic mass is 16.7. The second-order valence-electron chi connectivity index (χ2n) is 8.84. The first kappa shape index (κ1) is 33.5. The van der Waals surface area contributed by atoms with Crippen molar-refractivity contribution in [2.45, 2.75) is 90.7 Å². The Morgan fingerprint density at radius 3 is 1.90 bits per heavy atom. The monoisotopic (exact) mass is 555 g/mol. The van der Waals surface area contributed by atoms with Gasteiger partial charge in [-0.3, -0.25) is 4.79 Å². The van der Waals surface area contributed by atoms with Crippen LogP contribution in [0.25, 0.3) is 0 Å². The van der Waals surface area contributed by atoms with Gasteiger partial charge in [-0.25, -0.2) is 14.4 Å². The Bertz CT molecular complexity index is 921. The number of hydrogen-bond donors (Lipinski definition) is 2. The van der Waals surface area contributed by atoms with Gasteiger partial charge >= 0.3 is 24.4 Å². The van der Waals surface area contributed by atoms with Gasteiger partial charge in [0.15, 0.2) is 11.5 Å². The van der Waals surface area contributed by atoms with Crippen molar-refractivity contribution in [2.75, 3.05) is 19.8 Å². The van der Waals surface area contributed by atoms with Crippen LogP contribution < -0.4 is 15.2 Å². The van der Waals surface area contributed by atoms with Gasteiger partial charge in [0, 0.05) is 5.92 Å². The topological polar surface area (TPSA) is 170 Å². The van der Waals surface area contributed by atoms with Gasteiger partial charge in [-0.15, -0.1) is 0 Å². The molecule has 0 heterocycles. The number of rotatable bonds is 17.